The largest absolute Gasteiger partial charge is 0.379 e. The first-order valence-electron chi connectivity index (χ1n) is 8.21. The summed E-state index contributed by atoms with van der Waals surface area (Å²) >= 11 is 2.35. The number of hydrogen-bond donors (Lipinski definition) is 0. The van der Waals surface area contributed by atoms with Gasteiger partial charge in [0, 0.05) is 37.3 Å². The van der Waals surface area contributed by atoms with E-state index in [0.29, 0.717) is 5.92 Å². The number of rotatable bonds is 3. The quantitative estimate of drug-likeness (QED) is 0.730. The van der Waals surface area contributed by atoms with Crippen molar-refractivity contribution in [1.29, 1.82) is 0 Å². The highest BCUT2D eigenvalue weighted by Gasteiger charge is 2.58. The summed E-state index contributed by atoms with van der Waals surface area (Å²) in [4.78, 5) is 7.39. The summed E-state index contributed by atoms with van der Waals surface area (Å²) < 4.78 is 9.12. The smallest absolute Gasteiger partial charge is 0.119 e. The van der Waals surface area contributed by atoms with E-state index in [1.54, 1.807) is 0 Å². The van der Waals surface area contributed by atoms with Crippen molar-refractivity contribution in [1.82, 2.24) is 14.5 Å². The lowest BCUT2D eigenvalue weighted by atomic mass is 10.1. The Morgan fingerprint density at radius 1 is 1.24 bits per heavy atom. The molecule has 1 aromatic heterocycles. The maximum Gasteiger partial charge on any atom is 0.119 e. The van der Waals surface area contributed by atoms with Crippen LogP contribution in [0.25, 0.3) is 0 Å². The first-order chi connectivity index (χ1) is 10.1. The Morgan fingerprint density at radius 2 is 1.90 bits per heavy atom. The number of ether oxygens (including phenoxy) is 1. The lowest BCUT2D eigenvalue weighted by Crippen LogP contribution is -2.43. The van der Waals surface area contributed by atoms with Crippen LogP contribution < -0.4 is 0 Å². The van der Waals surface area contributed by atoms with E-state index < -0.39 is 0 Å². The zero-order valence-electron chi connectivity index (χ0n) is 12.8. The van der Waals surface area contributed by atoms with Crippen LogP contribution in [0.1, 0.15) is 44.5 Å². The van der Waals surface area contributed by atoms with Crippen molar-refractivity contribution in [3.05, 3.63) is 15.7 Å². The van der Waals surface area contributed by atoms with Crippen molar-refractivity contribution in [3.8, 4) is 0 Å². The average Bonchev–Trinajstić information content (AvgIpc) is 2.86. The molecule has 1 saturated heterocycles. The van der Waals surface area contributed by atoms with Gasteiger partial charge in [-0.05, 0) is 47.3 Å². The van der Waals surface area contributed by atoms with Crippen LogP contribution in [0.3, 0.4) is 0 Å². The molecule has 0 amide bonds. The van der Waals surface area contributed by atoms with Gasteiger partial charge in [-0.25, -0.2) is 4.98 Å². The molecular formula is C16H24IN3O. The fraction of sp³-hybridized carbons (Fsp3) is 0.812. The van der Waals surface area contributed by atoms with Gasteiger partial charge in [0.2, 0.25) is 0 Å². The van der Waals surface area contributed by atoms with Gasteiger partial charge in [0.15, 0.2) is 0 Å². The van der Waals surface area contributed by atoms with Crippen LogP contribution in [0.15, 0.2) is 6.20 Å². The number of aromatic nitrogens is 2. The number of nitrogens with zero attached hydrogens (tertiary/aromatic N) is 3. The molecule has 2 heterocycles. The molecule has 1 aromatic rings. The monoisotopic (exact) mass is 401 g/mol. The normalized spacial score (nSPS) is 36.2. The van der Waals surface area contributed by atoms with Crippen LogP contribution >= 0.6 is 22.6 Å². The van der Waals surface area contributed by atoms with E-state index in [1.165, 1.54) is 18.7 Å². The first-order valence-corrected chi connectivity index (χ1v) is 9.29. The summed E-state index contributed by atoms with van der Waals surface area (Å²) in [5.41, 5.74) is 0. The molecule has 4 rings (SSSR count). The van der Waals surface area contributed by atoms with Gasteiger partial charge in [-0.15, -0.1) is 0 Å². The zero-order valence-corrected chi connectivity index (χ0v) is 15.0. The van der Waals surface area contributed by atoms with Gasteiger partial charge in [-0.2, -0.15) is 0 Å². The molecule has 0 bridgehead atoms. The third kappa shape index (κ3) is 2.55. The molecule has 2 unspecified atom stereocenters. The molecule has 2 saturated carbocycles. The second kappa shape index (κ2) is 5.49. The highest BCUT2D eigenvalue weighted by atomic mass is 127. The molecule has 3 fully saturated rings. The van der Waals surface area contributed by atoms with Crippen molar-refractivity contribution < 1.29 is 4.74 Å². The minimum atomic E-state index is 0.518. The zero-order chi connectivity index (χ0) is 14.6. The molecule has 0 N–H and O–H groups in total. The number of morpholine rings is 1. The Balaban J connectivity index is 1.44. The Hall–Kier alpha value is -0.140. The molecule has 5 heteroatoms. The van der Waals surface area contributed by atoms with Crippen molar-refractivity contribution >= 4 is 22.6 Å². The van der Waals surface area contributed by atoms with E-state index in [-0.39, 0.29) is 0 Å². The highest BCUT2D eigenvalue weighted by Crippen LogP contribution is 2.62. The number of halogens is 1. The Morgan fingerprint density at radius 3 is 2.52 bits per heavy atom. The van der Waals surface area contributed by atoms with Crippen LogP contribution in [0.4, 0.5) is 0 Å². The number of hydrogen-bond acceptors (Lipinski definition) is 3. The van der Waals surface area contributed by atoms with E-state index in [2.05, 4.69) is 52.1 Å². The molecule has 4 nitrogen and oxygen atoms in total. The van der Waals surface area contributed by atoms with Crippen molar-refractivity contribution in [2.75, 3.05) is 26.3 Å². The molecule has 2 aliphatic carbocycles. The molecule has 2 atom stereocenters. The predicted octanol–water partition coefficient (Wildman–Crippen LogP) is 2.89. The summed E-state index contributed by atoms with van der Waals surface area (Å²) in [5.74, 6) is 3.58. The van der Waals surface area contributed by atoms with Gasteiger partial charge >= 0.3 is 0 Å². The molecule has 0 radical (unpaired) electrons. The second-order valence-corrected chi connectivity index (χ2v) is 8.18. The average molecular weight is 401 g/mol. The molecule has 0 aromatic carbocycles. The Labute approximate surface area is 140 Å². The van der Waals surface area contributed by atoms with Crippen molar-refractivity contribution in [3.63, 3.8) is 0 Å². The fourth-order valence-electron chi connectivity index (χ4n) is 4.47. The minimum absolute atomic E-state index is 0.518. The van der Waals surface area contributed by atoms with Gasteiger partial charge in [-0.3, -0.25) is 4.90 Å². The SMILES string of the molecule is CC(C)c1nc(I)cn1C1C2CC(N3CCOCC3)CC21. The van der Waals surface area contributed by atoms with E-state index >= 15 is 0 Å². The summed E-state index contributed by atoms with van der Waals surface area (Å²) in [7, 11) is 0. The number of fused-ring (bicyclic) bond motifs is 1. The molecule has 21 heavy (non-hydrogen) atoms. The number of imidazole rings is 1. The Kier molecular flexibility index (Phi) is 3.78. The van der Waals surface area contributed by atoms with Gasteiger partial charge in [-0.1, -0.05) is 13.8 Å². The van der Waals surface area contributed by atoms with Crippen LogP contribution in [-0.2, 0) is 4.74 Å². The first kappa shape index (κ1) is 14.5. The molecule has 3 aliphatic rings. The van der Waals surface area contributed by atoms with Crippen molar-refractivity contribution in [2.24, 2.45) is 11.8 Å². The highest BCUT2D eigenvalue weighted by molar-refractivity contribution is 14.1. The molecule has 0 spiro atoms. The summed E-state index contributed by atoms with van der Waals surface area (Å²) in [6.07, 6.45) is 5.02. The lowest BCUT2D eigenvalue weighted by molar-refractivity contribution is 0.0146. The van der Waals surface area contributed by atoms with Crippen LogP contribution in [0.2, 0.25) is 0 Å². The standard InChI is InChI=1S/C16H24IN3O/c1-10(2)16-18-14(17)9-20(16)15-12-7-11(8-13(12)15)19-3-5-21-6-4-19/h9-13,15H,3-8H2,1-2H3. The predicted molar refractivity (Wildman–Crippen MR) is 90.5 cm³/mol. The maximum atomic E-state index is 5.48. The summed E-state index contributed by atoms with van der Waals surface area (Å²) in [6.45, 7) is 8.62. The summed E-state index contributed by atoms with van der Waals surface area (Å²) in [6, 6.07) is 1.54. The van der Waals surface area contributed by atoms with Crippen LogP contribution in [0, 0.1) is 15.5 Å². The van der Waals surface area contributed by atoms with Crippen molar-refractivity contribution in [2.45, 2.75) is 44.7 Å². The van der Waals surface area contributed by atoms with E-state index in [1.807, 2.05) is 0 Å². The topological polar surface area (TPSA) is 30.3 Å². The fourth-order valence-corrected chi connectivity index (χ4v) is 5.02. The van der Waals surface area contributed by atoms with Gasteiger partial charge in [0.25, 0.3) is 0 Å². The molecule has 116 valence electrons. The molecular weight excluding hydrogens is 377 g/mol. The molecule has 1 aliphatic heterocycles. The maximum absolute atomic E-state index is 5.48. The Bertz CT molecular complexity index is 512. The van der Waals surface area contributed by atoms with Gasteiger partial charge < -0.3 is 9.30 Å². The van der Waals surface area contributed by atoms with Gasteiger partial charge in [0.05, 0.1) is 13.2 Å². The third-order valence-corrected chi connectivity index (χ3v) is 6.03. The summed E-state index contributed by atoms with van der Waals surface area (Å²) in [5, 5.41) is 0. The third-order valence-electron chi connectivity index (χ3n) is 5.51. The van der Waals surface area contributed by atoms with E-state index in [9.17, 15) is 0 Å². The van der Waals surface area contributed by atoms with Gasteiger partial charge in [0.1, 0.15) is 9.53 Å². The van der Waals surface area contributed by atoms with E-state index in [4.69, 9.17) is 9.72 Å². The minimum Gasteiger partial charge on any atom is -0.379 e. The van der Waals surface area contributed by atoms with Crippen LogP contribution in [0.5, 0.6) is 0 Å². The van der Waals surface area contributed by atoms with E-state index in [0.717, 1.165) is 53.9 Å². The second-order valence-electron chi connectivity index (χ2n) is 7.08. The van der Waals surface area contributed by atoms with Crippen LogP contribution in [-0.4, -0.2) is 46.8 Å². The lowest BCUT2D eigenvalue weighted by Gasteiger charge is -2.33.